The summed E-state index contributed by atoms with van der Waals surface area (Å²) in [6.45, 7) is 5.02. The molecule has 0 bridgehead atoms. The molecule has 1 saturated carbocycles. The van der Waals surface area contributed by atoms with E-state index < -0.39 is 0 Å². The van der Waals surface area contributed by atoms with Gasteiger partial charge in [0, 0.05) is 19.6 Å². The number of halogens is 1. The van der Waals surface area contributed by atoms with Crippen LogP contribution in [-0.4, -0.2) is 56.8 Å². The molecule has 8 heteroatoms. The number of piperidine rings is 1. The SMILES string of the molecule is CCNC(=NCc1ccc(OC)c(OC2CCCC2)c1)N1CCC(C(=O)OC)CC1.I. The fourth-order valence-electron chi connectivity index (χ4n) is 4.18. The van der Waals surface area contributed by atoms with Crippen molar-refractivity contribution >= 4 is 35.9 Å². The second-order valence-electron chi connectivity index (χ2n) is 7.96. The van der Waals surface area contributed by atoms with E-state index in [0.29, 0.717) is 6.54 Å². The van der Waals surface area contributed by atoms with Gasteiger partial charge in [0.25, 0.3) is 0 Å². The van der Waals surface area contributed by atoms with Crippen LogP contribution >= 0.6 is 24.0 Å². The normalized spacial score (nSPS) is 17.8. The van der Waals surface area contributed by atoms with Gasteiger partial charge < -0.3 is 24.4 Å². The van der Waals surface area contributed by atoms with Crippen LogP contribution in [-0.2, 0) is 16.1 Å². The zero-order valence-corrected chi connectivity index (χ0v) is 21.2. The summed E-state index contributed by atoms with van der Waals surface area (Å²) in [5.74, 6) is 2.35. The van der Waals surface area contributed by atoms with Crippen molar-refractivity contribution in [3.05, 3.63) is 23.8 Å². The Bertz CT molecular complexity index is 730. The highest BCUT2D eigenvalue weighted by molar-refractivity contribution is 14.0. The van der Waals surface area contributed by atoms with Crippen LogP contribution in [0.1, 0.15) is 51.0 Å². The van der Waals surface area contributed by atoms with Crippen molar-refractivity contribution in [1.29, 1.82) is 0 Å². The second-order valence-corrected chi connectivity index (χ2v) is 7.96. The molecule has 0 amide bonds. The summed E-state index contributed by atoms with van der Waals surface area (Å²) >= 11 is 0. The van der Waals surface area contributed by atoms with Gasteiger partial charge in [-0.15, -0.1) is 24.0 Å². The molecule has 7 nitrogen and oxygen atoms in total. The maximum absolute atomic E-state index is 11.8. The molecule has 3 rings (SSSR count). The zero-order valence-electron chi connectivity index (χ0n) is 18.9. The topological polar surface area (TPSA) is 72.4 Å². The van der Waals surface area contributed by atoms with Gasteiger partial charge in [0.2, 0.25) is 0 Å². The highest BCUT2D eigenvalue weighted by atomic mass is 127. The molecular weight excluding hydrogens is 509 g/mol. The number of rotatable bonds is 7. The van der Waals surface area contributed by atoms with Crippen LogP contribution in [0.2, 0.25) is 0 Å². The lowest BCUT2D eigenvalue weighted by Gasteiger charge is -2.33. The highest BCUT2D eigenvalue weighted by Gasteiger charge is 2.27. The number of nitrogens with one attached hydrogen (secondary N) is 1. The van der Waals surface area contributed by atoms with E-state index in [-0.39, 0.29) is 42.0 Å². The van der Waals surface area contributed by atoms with E-state index in [2.05, 4.69) is 17.1 Å². The van der Waals surface area contributed by atoms with Gasteiger partial charge in [-0.2, -0.15) is 0 Å². The zero-order chi connectivity index (χ0) is 21.3. The third-order valence-electron chi connectivity index (χ3n) is 5.90. The van der Waals surface area contributed by atoms with Crippen molar-refractivity contribution in [1.82, 2.24) is 10.2 Å². The van der Waals surface area contributed by atoms with Gasteiger partial charge >= 0.3 is 5.97 Å². The molecule has 0 unspecified atom stereocenters. The van der Waals surface area contributed by atoms with E-state index in [4.69, 9.17) is 19.2 Å². The lowest BCUT2D eigenvalue weighted by molar-refractivity contribution is -0.146. The Morgan fingerprint density at radius 3 is 2.45 bits per heavy atom. The molecule has 0 atom stereocenters. The molecule has 2 fully saturated rings. The van der Waals surface area contributed by atoms with Crippen molar-refractivity contribution in [2.45, 2.75) is 58.1 Å². The number of nitrogens with zero attached hydrogens (tertiary/aromatic N) is 2. The fraction of sp³-hybridized carbons (Fsp3) is 0.652. The maximum atomic E-state index is 11.8. The molecule has 31 heavy (non-hydrogen) atoms. The molecule has 0 spiro atoms. The van der Waals surface area contributed by atoms with E-state index in [0.717, 1.165) is 68.3 Å². The standard InChI is InChI=1S/C23H35N3O4.HI/c1-4-24-23(26-13-11-18(12-14-26)22(27)29-3)25-16-17-9-10-20(28-2)21(15-17)30-19-7-5-6-8-19;/h9-10,15,18-19H,4-8,11-14,16H2,1-3H3,(H,24,25);1H. The Morgan fingerprint density at radius 2 is 1.84 bits per heavy atom. The van der Waals surface area contributed by atoms with Gasteiger partial charge in [0.1, 0.15) is 0 Å². The molecule has 1 aliphatic heterocycles. The Hall–Kier alpha value is -1.71. The van der Waals surface area contributed by atoms with Gasteiger partial charge in [-0.3, -0.25) is 4.79 Å². The lowest BCUT2D eigenvalue weighted by atomic mass is 9.97. The number of aliphatic imine (C=N–C) groups is 1. The minimum absolute atomic E-state index is 0. The summed E-state index contributed by atoms with van der Waals surface area (Å²) in [5.41, 5.74) is 1.09. The molecule has 1 aromatic rings. The van der Waals surface area contributed by atoms with E-state index in [1.807, 2.05) is 18.2 Å². The first kappa shape index (κ1) is 25.5. The van der Waals surface area contributed by atoms with Gasteiger partial charge in [-0.05, 0) is 63.1 Å². The largest absolute Gasteiger partial charge is 0.493 e. The van der Waals surface area contributed by atoms with E-state index in [1.165, 1.54) is 20.0 Å². The second kappa shape index (κ2) is 13.0. The molecule has 1 heterocycles. The Kier molecular flexibility index (Phi) is 10.7. The molecular formula is C23H36IN3O4. The van der Waals surface area contributed by atoms with Crippen LogP contribution in [0.5, 0.6) is 11.5 Å². The molecule has 1 aromatic carbocycles. The predicted octanol–water partition coefficient (Wildman–Crippen LogP) is 3.99. The number of ether oxygens (including phenoxy) is 3. The average molecular weight is 545 g/mol. The first-order valence-electron chi connectivity index (χ1n) is 11.1. The van der Waals surface area contributed by atoms with E-state index >= 15 is 0 Å². The third kappa shape index (κ3) is 7.15. The molecule has 0 aromatic heterocycles. The van der Waals surface area contributed by atoms with Gasteiger partial charge in [0.15, 0.2) is 17.5 Å². The quantitative estimate of drug-likeness (QED) is 0.242. The predicted molar refractivity (Wildman–Crippen MR) is 132 cm³/mol. The number of methoxy groups -OCH3 is 2. The number of hydrogen-bond acceptors (Lipinski definition) is 5. The summed E-state index contributed by atoms with van der Waals surface area (Å²) in [5, 5.41) is 3.38. The van der Waals surface area contributed by atoms with Gasteiger partial charge in [-0.25, -0.2) is 4.99 Å². The van der Waals surface area contributed by atoms with Crippen molar-refractivity contribution in [2.75, 3.05) is 33.9 Å². The van der Waals surface area contributed by atoms with Crippen LogP contribution in [0.25, 0.3) is 0 Å². The monoisotopic (exact) mass is 545 g/mol. The average Bonchev–Trinajstić information content (AvgIpc) is 3.29. The van der Waals surface area contributed by atoms with Crippen molar-refractivity contribution in [3.8, 4) is 11.5 Å². The van der Waals surface area contributed by atoms with Gasteiger partial charge in [-0.1, -0.05) is 6.07 Å². The van der Waals surface area contributed by atoms with E-state index in [1.54, 1.807) is 7.11 Å². The number of hydrogen-bond donors (Lipinski definition) is 1. The lowest BCUT2D eigenvalue weighted by Crippen LogP contribution is -2.46. The van der Waals surface area contributed by atoms with Crippen LogP contribution < -0.4 is 14.8 Å². The van der Waals surface area contributed by atoms with Crippen molar-refractivity contribution < 1.29 is 19.0 Å². The molecule has 0 radical (unpaired) electrons. The van der Waals surface area contributed by atoms with Gasteiger partial charge in [0.05, 0.1) is 32.8 Å². The first-order chi connectivity index (χ1) is 14.6. The molecule has 1 saturated heterocycles. The summed E-state index contributed by atoms with van der Waals surface area (Å²) in [6, 6.07) is 6.05. The smallest absolute Gasteiger partial charge is 0.308 e. The van der Waals surface area contributed by atoms with E-state index in [9.17, 15) is 4.79 Å². The number of likely N-dealkylation sites (tertiary alicyclic amines) is 1. The van der Waals surface area contributed by atoms with Crippen LogP contribution in [0.15, 0.2) is 23.2 Å². The van der Waals surface area contributed by atoms with Crippen molar-refractivity contribution in [3.63, 3.8) is 0 Å². The number of esters is 1. The minimum atomic E-state index is -0.107. The third-order valence-corrected chi connectivity index (χ3v) is 5.90. The number of guanidine groups is 1. The number of benzene rings is 1. The minimum Gasteiger partial charge on any atom is -0.493 e. The Morgan fingerprint density at radius 1 is 1.13 bits per heavy atom. The first-order valence-corrected chi connectivity index (χ1v) is 11.1. The maximum Gasteiger partial charge on any atom is 0.308 e. The molecule has 2 aliphatic rings. The summed E-state index contributed by atoms with van der Waals surface area (Å²) in [7, 11) is 3.13. The van der Waals surface area contributed by atoms with Crippen LogP contribution in [0.3, 0.4) is 0 Å². The number of carbonyl (C=O) groups is 1. The fourth-order valence-corrected chi connectivity index (χ4v) is 4.18. The number of carbonyl (C=O) groups excluding carboxylic acids is 1. The van der Waals surface area contributed by atoms with Crippen molar-refractivity contribution in [2.24, 2.45) is 10.9 Å². The molecule has 1 aliphatic carbocycles. The van der Waals surface area contributed by atoms with Crippen LogP contribution in [0.4, 0.5) is 0 Å². The molecule has 174 valence electrons. The summed E-state index contributed by atoms with van der Waals surface area (Å²) < 4.78 is 16.6. The molecule has 1 N–H and O–H groups in total. The summed E-state index contributed by atoms with van der Waals surface area (Å²) in [6.07, 6.45) is 6.55. The highest BCUT2D eigenvalue weighted by Crippen LogP contribution is 2.32. The Labute approximate surface area is 202 Å². The summed E-state index contributed by atoms with van der Waals surface area (Å²) in [4.78, 5) is 18.8. The van der Waals surface area contributed by atoms with Crippen LogP contribution in [0, 0.1) is 5.92 Å². The Balaban J connectivity index is 0.00000341.